The molecule has 28 heavy (non-hydrogen) atoms. The molecule has 0 aliphatic rings. The van der Waals surface area contributed by atoms with E-state index >= 15 is 0 Å². The van der Waals surface area contributed by atoms with E-state index in [-0.39, 0.29) is 24.2 Å². The highest BCUT2D eigenvalue weighted by Crippen LogP contribution is 2.15. The van der Waals surface area contributed by atoms with Gasteiger partial charge >= 0.3 is 0 Å². The van der Waals surface area contributed by atoms with Crippen LogP contribution in [0.4, 0.5) is 5.69 Å². The summed E-state index contributed by atoms with van der Waals surface area (Å²) in [5, 5.41) is 5.45. The molecule has 0 saturated carbocycles. The Kier molecular flexibility index (Phi) is 6.20. The van der Waals surface area contributed by atoms with Crippen LogP contribution in [-0.4, -0.2) is 24.7 Å². The summed E-state index contributed by atoms with van der Waals surface area (Å²) < 4.78 is 10.4. The lowest BCUT2D eigenvalue weighted by Crippen LogP contribution is -2.28. The van der Waals surface area contributed by atoms with Gasteiger partial charge in [0.05, 0.1) is 11.8 Å². The summed E-state index contributed by atoms with van der Waals surface area (Å²) in [5.74, 6) is -0.0495. The van der Waals surface area contributed by atoms with Gasteiger partial charge in [-0.15, -0.1) is 0 Å². The number of aldehydes is 1. The third kappa shape index (κ3) is 5.07. The molecule has 7 heteroatoms. The normalized spacial score (nSPS) is 10.1. The fourth-order valence-electron chi connectivity index (χ4n) is 2.41. The highest BCUT2D eigenvalue weighted by Gasteiger charge is 2.09. The average molecular weight is 378 g/mol. The Hall–Kier alpha value is -3.87. The van der Waals surface area contributed by atoms with Gasteiger partial charge in [-0.25, -0.2) is 0 Å². The second kappa shape index (κ2) is 9.18. The lowest BCUT2D eigenvalue weighted by atomic mass is 10.2. The van der Waals surface area contributed by atoms with E-state index in [1.807, 2.05) is 0 Å². The Morgan fingerprint density at radius 2 is 1.79 bits per heavy atom. The predicted molar refractivity (Wildman–Crippen MR) is 102 cm³/mol. The van der Waals surface area contributed by atoms with Crippen LogP contribution < -0.4 is 15.4 Å². The van der Waals surface area contributed by atoms with Gasteiger partial charge in [-0.3, -0.25) is 14.4 Å². The van der Waals surface area contributed by atoms with E-state index in [0.29, 0.717) is 29.8 Å². The van der Waals surface area contributed by atoms with Crippen molar-refractivity contribution in [3.05, 3.63) is 83.8 Å². The summed E-state index contributed by atoms with van der Waals surface area (Å²) in [4.78, 5) is 34.8. The first kappa shape index (κ1) is 18.9. The van der Waals surface area contributed by atoms with Crippen LogP contribution in [0.2, 0.25) is 0 Å². The summed E-state index contributed by atoms with van der Waals surface area (Å²) in [6, 6.07) is 17.0. The van der Waals surface area contributed by atoms with E-state index in [9.17, 15) is 14.4 Å². The molecule has 3 aromatic rings. The molecule has 1 heterocycles. The summed E-state index contributed by atoms with van der Waals surface area (Å²) in [6.45, 7) is 0.117. The van der Waals surface area contributed by atoms with E-state index in [1.54, 1.807) is 60.7 Å². The maximum Gasteiger partial charge on any atom is 0.291 e. The van der Waals surface area contributed by atoms with Crippen LogP contribution in [0.15, 0.2) is 71.3 Å². The van der Waals surface area contributed by atoms with E-state index in [2.05, 4.69) is 10.6 Å². The number of nitrogens with one attached hydrogen (secondary N) is 2. The van der Waals surface area contributed by atoms with Crippen molar-refractivity contribution in [2.75, 3.05) is 11.9 Å². The molecule has 7 nitrogen and oxygen atoms in total. The molecule has 142 valence electrons. The lowest BCUT2D eigenvalue weighted by Gasteiger charge is -2.09. The van der Waals surface area contributed by atoms with Crippen LogP contribution in [0.5, 0.6) is 5.75 Å². The molecule has 0 bridgehead atoms. The van der Waals surface area contributed by atoms with E-state index < -0.39 is 0 Å². The SMILES string of the molecule is O=Cc1ccccc1OCC(=O)NCc1ccc(NC(=O)c2ccco2)cc1. The second-order valence-electron chi connectivity index (χ2n) is 5.85. The Morgan fingerprint density at radius 3 is 2.50 bits per heavy atom. The van der Waals surface area contributed by atoms with Crippen LogP contribution >= 0.6 is 0 Å². The van der Waals surface area contributed by atoms with E-state index in [1.165, 1.54) is 6.26 Å². The number of hydrogen-bond donors (Lipinski definition) is 2. The van der Waals surface area contributed by atoms with Gasteiger partial charge in [-0.05, 0) is 42.0 Å². The molecule has 2 N–H and O–H groups in total. The number of anilines is 1. The number of para-hydroxylation sites is 1. The molecular formula is C21H18N2O5. The largest absolute Gasteiger partial charge is 0.483 e. The number of rotatable bonds is 8. The number of hydrogen-bond acceptors (Lipinski definition) is 5. The van der Waals surface area contributed by atoms with Crippen molar-refractivity contribution in [2.24, 2.45) is 0 Å². The number of amides is 2. The summed E-state index contributed by atoms with van der Waals surface area (Å²) in [6.07, 6.45) is 2.11. The highest BCUT2D eigenvalue weighted by molar-refractivity contribution is 6.02. The van der Waals surface area contributed by atoms with Gasteiger partial charge in [-0.2, -0.15) is 0 Å². The Labute approximate surface area is 161 Å². The average Bonchev–Trinajstić information content (AvgIpc) is 3.27. The smallest absolute Gasteiger partial charge is 0.291 e. The zero-order valence-electron chi connectivity index (χ0n) is 14.9. The van der Waals surface area contributed by atoms with Crippen molar-refractivity contribution in [3.8, 4) is 5.75 Å². The molecule has 3 rings (SSSR count). The topological polar surface area (TPSA) is 97.6 Å². The second-order valence-corrected chi connectivity index (χ2v) is 5.85. The van der Waals surface area contributed by atoms with Gasteiger partial charge in [0.15, 0.2) is 18.7 Å². The van der Waals surface area contributed by atoms with Crippen molar-refractivity contribution in [2.45, 2.75) is 6.54 Å². The van der Waals surface area contributed by atoms with E-state index in [4.69, 9.17) is 9.15 Å². The highest BCUT2D eigenvalue weighted by atomic mass is 16.5. The Morgan fingerprint density at radius 1 is 1.00 bits per heavy atom. The molecule has 0 fully saturated rings. The number of furan rings is 1. The van der Waals surface area contributed by atoms with E-state index in [0.717, 1.165) is 5.56 Å². The molecular weight excluding hydrogens is 360 g/mol. The summed E-state index contributed by atoms with van der Waals surface area (Å²) in [5.41, 5.74) is 1.87. The molecule has 0 unspecified atom stereocenters. The molecule has 0 spiro atoms. The van der Waals surface area contributed by atoms with Gasteiger partial charge < -0.3 is 19.8 Å². The van der Waals surface area contributed by atoms with Crippen LogP contribution in [0, 0.1) is 0 Å². The molecule has 0 aliphatic carbocycles. The minimum absolute atomic E-state index is 0.192. The molecule has 0 atom stereocenters. The zero-order valence-corrected chi connectivity index (χ0v) is 14.9. The summed E-state index contributed by atoms with van der Waals surface area (Å²) >= 11 is 0. The van der Waals surface area contributed by atoms with Gasteiger partial charge in [0.1, 0.15) is 5.75 Å². The fourth-order valence-corrected chi connectivity index (χ4v) is 2.41. The maximum absolute atomic E-state index is 11.9. The van der Waals surface area contributed by atoms with Gasteiger partial charge in [0.25, 0.3) is 11.8 Å². The monoisotopic (exact) mass is 378 g/mol. The van der Waals surface area contributed by atoms with Crippen molar-refractivity contribution in [1.82, 2.24) is 5.32 Å². The molecule has 1 aromatic heterocycles. The van der Waals surface area contributed by atoms with Crippen LogP contribution in [0.1, 0.15) is 26.5 Å². The van der Waals surface area contributed by atoms with Crippen LogP contribution in [0.3, 0.4) is 0 Å². The Bertz CT molecular complexity index is 949. The molecule has 2 aromatic carbocycles. The van der Waals surface area contributed by atoms with Gasteiger partial charge in [0.2, 0.25) is 0 Å². The van der Waals surface area contributed by atoms with Gasteiger partial charge in [-0.1, -0.05) is 24.3 Å². The first-order valence-electron chi connectivity index (χ1n) is 8.53. The number of ether oxygens (including phenoxy) is 1. The quantitative estimate of drug-likeness (QED) is 0.587. The lowest BCUT2D eigenvalue weighted by molar-refractivity contribution is -0.123. The number of carbonyl (C=O) groups is 3. The minimum Gasteiger partial charge on any atom is -0.483 e. The van der Waals surface area contributed by atoms with Crippen molar-refractivity contribution < 1.29 is 23.5 Å². The fraction of sp³-hybridized carbons (Fsp3) is 0.0952. The first-order chi connectivity index (χ1) is 13.7. The summed E-state index contributed by atoms with van der Waals surface area (Å²) in [7, 11) is 0. The number of benzene rings is 2. The van der Waals surface area contributed by atoms with Crippen molar-refractivity contribution >= 4 is 23.8 Å². The molecule has 0 aliphatic heterocycles. The van der Waals surface area contributed by atoms with Crippen LogP contribution in [-0.2, 0) is 11.3 Å². The molecule has 0 saturated heterocycles. The third-order valence-corrected chi connectivity index (χ3v) is 3.85. The molecule has 0 radical (unpaired) electrons. The van der Waals surface area contributed by atoms with Crippen molar-refractivity contribution in [3.63, 3.8) is 0 Å². The zero-order chi connectivity index (χ0) is 19.8. The van der Waals surface area contributed by atoms with Gasteiger partial charge in [0, 0.05) is 12.2 Å². The number of carbonyl (C=O) groups excluding carboxylic acids is 3. The Balaban J connectivity index is 1.46. The third-order valence-electron chi connectivity index (χ3n) is 3.85. The maximum atomic E-state index is 11.9. The van der Waals surface area contributed by atoms with Crippen LogP contribution in [0.25, 0.3) is 0 Å². The first-order valence-corrected chi connectivity index (χ1v) is 8.53. The van der Waals surface area contributed by atoms with Crippen molar-refractivity contribution in [1.29, 1.82) is 0 Å². The minimum atomic E-state index is -0.334. The molecule has 2 amide bonds. The standard InChI is InChI=1S/C21H18N2O5/c24-13-16-4-1-2-5-18(16)28-14-20(25)22-12-15-7-9-17(10-8-15)23-21(26)19-6-3-11-27-19/h1-11,13H,12,14H2,(H,22,25)(H,23,26). The predicted octanol–water partition coefficient (Wildman–Crippen LogP) is 3.04.